The van der Waals surface area contributed by atoms with Crippen LogP contribution in [0.2, 0.25) is 0 Å². The number of benzene rings is 1. The number of hydrogen-bond acceptors (Lipinski definition) is 3. The molecule has 1 aromatic carbocycles. The molecule has 1 amide bonds. The maximum atomic E-state index is 12.5. The number of anilines is 1. The van der Waals surface area contributed by atoms with Crippen molar-refractivity contribution in [1.29, 1.82) is 0 Å². The maximum Gasteiger partial charge on any atom is 0.335 e. The number of nitrogens with zero attached hydrogens (tertiary/aromatic N) is 1. The number of fused-ring (bicyclic) bond motifs is 1. The van der Waals surface area contributed by atoms with E-state index >= 15 is 0 Å². The fourth-order valence-corrected chi connectivity index (χ4v) is 2.28. The zero-order valence-corrected chi connectivity index (χ0v) is 12.0. The molecule has 1 atom stereocenters. The third-order valence-corrected chi connectivity index (χ3v) is 3.69. The van der Waals surface area contributed by atoms with E-state index in [1.54, 1.807) is 23.1 Å². The minimum atomic E-state index is -0.993. The van der Waals surface area contributed by atoms with Crippen molar-refractivity contribution in [3.05, 3.63) is 29.3 Å². The summed E-state index contributed by atoms with van der Waals surface area (Å²) in [6, 6.07) is 4.28. The average molecular weight is 276 g/mol. The number of carboxylic acids is 1. The number of aromatic carboxylic acids is 1. The number of amides is 1. The van der Waals surface area contributed by atoms with E-state index in [-0.39, 0.29) is 16.9 Å². The fourth-order valence-electron chi connectivity index (χ4n) is 2.28. The van der Waals surface area contributed by atoms with E-state index in [1.165, 1.54) is 0 Å². The van der Waals surface area contributed by atoms with Gasteiger partial charge >= 0.3 is 5.97 Å². The van der Waals surface area contributed by atoms with Gasteiger partial charge in [0, 0.05) is 12.2 Å². The molecule has 20 heavy (non-hydrogen) atoms. The van der Waals surface area contributed by atoms with Crippen molar-refractivity contribution in [3.8, 4) is 0 Å². The zero-order chi connectivity index (χ0) is 15.1. The number of hydrogen-bond donors (Lipinski definition) is 2. The summed E-state index contributed by atoms with van der Waals surface area (Å²) in [6.45, 7) is 6.31. The Hall–Kier alpha value is -1.88. The predicted molar refractivity (Wildman–Crippen MR) is 76.9 cm³/mol. The molecule has 1 aliphatic rings. The summed E-state index contributed by atoms with van der Waals surface area (Å²) >= 11 is 0. The number of carbonyl (C=O) groups is 2. The van der Waals surface area contributed by atoms with Crippen molar-refractivity contribution in [3.63, 3.8) is 0 Å². The van der Waals surface area contributed by atoms with Crippen LogP contribution in [0, 0.1) is 5.41 Å². The number of nitrogens with two attached hydrogens (primary N) is 1. The Labute approximate surface area is 118 Å². The molecule has 0 aliphatic carbocycles. The monoisotopic (exact) mass is 276 g/mol. The van der Waals surface area contributed by atoms with Gasteiger partial charge in [0.2, 0.25) is 5.91 Å². The van der Waals surface area contributed by atoms with Crippen molar-refractivity contribution in [2.24, 2.45) is 11.1 Å². The molecule has 5 heteroatoms. The molecule has 0 bridgehead atoms. The van der Waals surface area contributed by atoms with Crippen LogP contribution in [0.5, 0.6) is 0 Å². The predicted octanol–water partition coefficient (Wildman–Crippen LogP) is 1.65. The van der Waals surface area contributed by atoms with Crippen molar-refractivity contribution in [1.82, 2.24) is 0 Å². The molecule has 5 nitrogen and oxygen atoms in total. The smallest absolute Gasteiger partial charge is 0.335 e. The van der Waals surface area contributed by atoms with Crippen LogP contribution in [-0.2, 0) is 11.2 Å². The zero-order valence-electron chi connectivity index (χ0n) is 12.0. The maximum absolute atomic E-state index is 12.5. The first-order valence-electron chi connectivity index (χ1n) is 6.65. The Morgan fingerprint density at radius 1 is 1.35 bits per heavy atom. The van der Waals surface area contributed by atoms with Gasteiger partial charge in [-0.3, -0.25) is 4.79 Å². The number of carboxylic acid groups (broad SMARTS) is 1. The van der Waals surface area contributed by atoms with E-state index in [2.05, 4.69) is 0 Å². The average Bonchev–Trinajstić information content (AvgIpc) is 2.78. The highest BCUT2D eigenvalue weighted by Crippen LogP contribution is 2.31. The van der Waals surface area contributed by atoms with Crippen LogP contribution in [-0.4, -0.2) is 29.6 Å². The molecule has 108 valence electrons. The van der Waals surface area contributed by atoms with Gasteiger partial charge in [-0.15, -0.1) is 0 Å². The lowest BCUT2D eigenvalue weighted by atomic mass is 9.86. The summed E-state index contributed by atoms with van der Waals surface area (Å²) in [5.74, 6) is -1.15. The quantitative estimate of drug-likeness (QED) is 0.860. The first-order chi connectivity index (χ1) is 9.21. The van der Waals surface area contributed by atoms with Gasteiger partial charge in [0.15, 0.2) is 0 Å². The van der Waals surface area contributed by atoms with Gasteiger partial charge in [-0.25, -0.2) is 4.79 Å². The van der Waals surface area contributed by atoms with Gasteiger partial charge in [0.1, 0.15) is 0 Å². The highest BCUT2D eigenvalue weighted by atomic mass is 16.4. The third kappa shape index (κ3) is 2.54. The van der Waals surface area contributed by atoms with Gasteiger partial charge in [-0.05, 0) is 29.5 Å². The fraction of sp³-hybridized carbons (Fsp3) is 0.467. The molecule has 0 aromatic heterocycles. The molecule has 1 heterocycles. The molecule has 1 aromatic rings. The van der Waals surface area contributed by atoms with E-state index in [9.17, 15) is 9.59 Å². The molecule has 0 radical (unpaired) electrons. The molecular formula is C15H20N2O3. The largest absolute Gasteiger partial charge is 0.478 e. The van der Waals surface area contributed by atoms with Crippen molar-refractivity contribution < 1.29 is 14.7 Å². The second-order valence-electron chi connectivity index (χ2n) is 6.23. The van der Waals surface area contributed by atoms with E-state index in [0.717, 1.165) is 12.0 Å². The van der Waals surface area contributed by atoms with Gasteiger partial charge in [-0.1, -0.05) is 26.8 Å². The minimum absolute atomic E-state index is 0.154. The summed E-state index contributed by atoms with van der Waals surface area (Å²) in [5.41, 5.74) is 7.55. The van der Waals surface area contributed by atoms with Crippen LogP contribution in [0.25, 0.3) is 0 Å². The highest BCUT2D eigenvalue weighted by molar-refractivity contribution is 6.00. The minimum Gasteiger partial charge on any atom is -0.478 e. The lowest BCUT2D eigenvalue weighted by molar-refractivity contribution is -0.121. The van der Waals surface area contributed by atoms with Crippen LogP contribution in [0.4, 0.5) is 5.69 Å². The molecule has 1 aliphatic heterocycles. The lowest BCUT2D eigenvalue weighted by Gasteiger charge is -2.30. The molecular weight excluding hydrogens is 256 g/mol. The number of carbonyl (C=O) groups excluding carboxylic acids is 1. The molecule has 2 rings (SSSR count). The lowest BCUT2D eigenvalue weighted by Crippen LogP contribution is -2.50. The van der Waals surface area contributed by atoms with Crippen LogP contribution in [0.1, 0.15) is 36.7 Å². The van der Waals surface area contributed by atoms with Crippen LogP contribution < -0.4 is 10.6 Å². The van der Waals surface area contributed by atoms with E-state index < -0.39 is 12.0 Å². The topological polar surface area (TPSA) is 83.6 Å². The normalized spacial score (nSPS) is 15.9. The van der Waals surface area contributed by atoms with Gasteiger partial charge in [-0.2, -0.15) is 0 Å². The van der Waals surface area contributed by atoms with Crippen molar-refractivity contribution in [2.45, 2.75) is 33.2 Å². The Kier molecular flexibility index (Phi) is 3.56. The Morgan fingerprint density at radius 2 is 2.00 bits per heavy atom. The summed E-state index contributed by atoms with van der Waals surface area (Å²) in [5, 5.41) is 9.05. The Morgan fingerprint density at radius 3 is 2.55 bits per heavy atom. The summed E-state index contributed by atoms with van der Waals surface area (Å²) in [6.07, 6.45) is 0.734. The van der Waals surface area contributed by atoms with E-state index in [0.29, 0.717) is 12.2 Å². The Bertz CT molecular complexity index is 561. The summed E-state index contributed by atoms with van der Waals surface area (Å²) in [4.78, 5) is 25.1. The Balaban J connectivity index is 2.33. The molecule has 0 fully saturated rings. The van der Waals surface area contributed by atoms with E-state index in [4.69, 9.17) is 10.8 Å². The molecule has 3 N–H and O–H groups in total. The third-order valence-electron chi connectivity index (χ3n) is 3.69. The summed E-state index contributed by atoms with van der Waals surface area (Å²) < 4.78 is 0. The number of rotatable bonds is 2. The van der Waals surface area contributed by atoms with Crippen LogP contribution in [0.15, 0.2) is 18.2 Å². The molecule has 0 saturated carbocycles. The van der Waals surface area contributed by atoms with Crippen LogP contribution >= 0.6 is 0 Å². The highest BCUT2D eigenvalue weighted by Gasteiger charge is 2.34. The first-order valence-corrected chi connectivity index (χ1v) is 6.65. The van der Waals surface area contributed by atoms with E-state index in [1.807, 2.05) is 20.8 Å². The second kappa shape index (κ2) is 4.90. The van der Waals surface area contributed by atoms with Crippen molar-refractivity contribution in [2.75, 3.05) is 11.4 Å². The molecule has 0 spiro atoms. The first kappa shape index (κ1) is 14.5. The second-order valence-corrected chi connectivity index (χ2v) is 6.23. The summed E-state index contributed by atoms with van der Waals surface area (Å²) in [7, 11) is 0. The van der Waals surface area contributed by atoms with Gasteiger partial charge in [0.25, 0.3) is 0 Å². The van der Waals surface area contributed by atoms with Crippen LogP contribution in [0.3, 0.4) is 0 Å². The molecule has 0 saturated heterocycles. The standard InChI is InChI=1S/C15H20N2O3/c1-15(2,3)12(16)13(18)17-7-6-9-4-5-10(14(19)20)8-11(9)17/h4-5,8,12H,6-7,16H2,1-3H3,(H,19,20)/t12-/m0/s1. The SMILES string of the molecule is CC(C)(C)[C@@H](N)C(=O)N1CCc2ccc(C(=O)O)cc21. The van der Waals surface area contributed by atoms with Crippen molar-refractivity contribution >= 4 is 17.6 Å². The van der Waals surface area contributed by atoms with Gasteiger partial charge in [0.05, 0.1) is 11.6 Å². The molecule has 0 unspecified atom stereocenters. The van der Waals surface area contributed by atoms with Gasteiger partial charge < -0.3 is 15.7 Å².